The zero-order valence-electron chi connectivity index (χ0n) is 20.1. The Morgan fingerprint density at radius 1 is 0.900 bits per heavy atom. The van der Waals surface area contributed by atoms with Crippen molar-refractivity contribution in [1.29, 1.82) is 0 Å². The molecule has 0 aromatic heterocycles. The molecule has 2 heterocycles. The van der Waals surface area contributed by atoms with E-state index >= 15 is 0 Å². The smallest absolute Gasteiger partial charge is 0.302 e. The molecular formula is C24H49NO4P+. The second-order valence-electron chi connectivity index (χ2n) is 10.3. The molecule has 2 rings (SSSR count). The minimum atomic E-state index is -3.94. The zero-order valence-corrected chi connectivity index (χ0v) is 21.0. The number of phosphoric acid groups is 1. The zero-order chi connectivity index (χ0) is 21.9. The molecule has 2 aliphatic rings. The van der Waals surface area contributed by atoms with Crippen molar-refractivity contribution in [2.75, 3.05) is 20.6 Å². The molecule has 0 aliphatic carbocycles. The van der Waals surface area contributed by atoms with Gasteiger partial charge in [-0.3, -0.25) is 4.52 Å². The van der Waals surface area contributed by atoms with E-state index in [9.17, 15) is 9.46 Å². The van der Waals surface area contributed by atoms with Gasteiger partial charge in [0, 0.05) is 6.42 Å². The number of quaternary nitrogens is 1. The van der Waals surface area contributed by atoms with E-state index in [-0.39, 0.29) is 6.10 Å². The summed E-state index contributed by atoms with van der Waals surface area (Å²) in [6, 6.07) is 0. The van der Waals surface area contributed by atoms with Crippen LogP contribution >= 0.6 is 7.82 Å². The number of likely N-dealkylation sites (tertiary alicyclic amines) is 1. The van der Waals surface area contributed by atoms with Crippen molar-refractivity contribution in [1.82, 2.24) is 0 Å². The van der Waals surface area contributed by atoms with E-state index in [0.29, 0.717) is 4.48 Å². The Labute approximate surface area is 186 Å². The summed E-state index contributed by atoms with van der Waals surface area (Å²) in [6.45, 7) is 3.25. The van der Waals surface area contributed by atoms with Gasteiger partial charge in [-0.2, -0.15) is 0 Å². The Balaban J connectivity index is 1.57. The molecule has 5 nitrogen and oxygen atoms in total. The molecule has 0 amide bonds. The van der Waals surface area contributed by atoms with Gasteiger partial charge in [0.05, 0.1) is 33.2 Å². The topological polar surface area (TPSA) is 55.8 Å². The quantitative estimate of drug-likeness (QED) is 0.162. The summed E-state index contributed by atoms with van der Waals surface area (Å²) in [7, 11) is 0.360. The molecule has 1 N–H and O–H groups in total. The highest BCUT2D eigenvalue weighted by Crippen LogP contribution is 2.59. The van der Waals surface area contributed by atoms with Crippen molar-refractivity contribution in [3.8, 4) is 0 Å². The predicted octanol–water partition coefficient (Wildman–Crippen LogP) is 7.33. The first kappa shape index (κ1) is 26.3. The van der Waals surface area contributed by atoms with Crippen LogP contribution in [0.5, 0.6) is 0 Å². The van der Waals surface area contributed by atoms with Crippen LogP contribution in [0.4, 0.5) is 0 Å². The second kappa shape index (κ2) is 12.9. The molecule has 0 aromatic rings. The first-order chi connectivity index (χ1) is 14.3. The Bertz CT molecular complexity index is 527. The molecule has 6 heteroatoms. The van der Waals surface area contributed by atoms with Crippen LogP contribution in [0.15, 0.2) is 0 Å². The average Bonchev–Trinajstić information content (AvgIpc) is 2.75. The van der Waals surface area contributed by atoms with E-state index in [1.807, 2.05) is 0 Å². The summed E-state index contributed by atoms with van der Waals surface area (Å²) in [4.78, 5) is 10.1. The Kier molecular flexibility index (Phi) is 11.4. The lowest BCUT2D eigenvalue weighted by molar-refractivity contribution is -0.964. The molecule has 0 radical (unpaired) electrons. The lowest BCUT2D eigenvalue weighted by Gasteiger charge is -2.49. The maximum atomic E-state index is 12.3. The van der Waals surface area contributed by atoms with Gasteiger partial charge in [-0.15, -0.1) is 0 Å². The fraction of sp³-hybridized carbons (Fsp3) is 1.00. The molecule has 3 unspecified atom stereocenters. The SMILES string of the molecule is CCCCCCCCCCCCCCCCC12CC(CCC[N+]1(C)C)OP(=O)(O)O2. The third kappa shape index (κ3) is 8.54. The van der Waals surface area contributed by atoms with Crippen molar-refractivity contribution in [2.45, 2.75) is 134 Å². The van der Waals surface area contributed by atoms with Crippen molar-refractivity contribution in [3.63, 3.8) is 0 Å². The molecule has 178 valence electrons. The molecule has 2 aliphatic heterocycles. The summed E-state index contributed by atoms with van der Waals surface area (Å²) >= 11 is 0. The van der Waals surface area contributed by atoms with E-state index in [2.05, 4.69) is 21.0 Å². The Morgan fingerprint density at radius 2 is 1.40 bits per heavy atom. The number of rotatable bonds is 15. The van der Waals surface area contributed by atoms with Gasteiger partial charge >= 0.3 is 7.82 Å². The molecule has 0 saturated carbocycles. The standard InChI is InChI=1S/C24H48NO4P/c1-4-5-6-7-8-9-10-11-12-13-14-15-16-17-20-24-22-23(28-30(26,27)29-24)19-18-21-25(24,2)3/h23H,4-22H2,1-3H3/p+1. The van der Waals surface area contributed by atoms with Gasteiger partial charge < -0.3 is 9.38 Å². The highest BCUT2D eigenvalue weighted by Gasteiger charge is 2.58. The number of hydrogen-bond acceptors (Lipinski definition) is 3. The van der Waals surface area contributed by atoms with Gasteiger partial charge in [0.1, 0.15) is 0 Å². The summed E-state index contributed by atoms with van der Waals surface area (Å²) in [5, 5.41) is 0. The molecule has 0 aromatic carbocycles. The maximum absolute atomic E-state index is 12.3. The molecule has 2 bridgehead atoms. The van der Waals surface area contributed by atoms with Crippen LogP contribution in [0.25, 0.3) is 0 Å². The number of fused-ring (bicyclic) bond motifs is 2. The van der Waals surface area contributed by atoms with Crippen LogP contribution in [-0.4, -0.2) is 41.8 Å². The van der Waals surface area contributed by atoms with Crippen LogP contribution in [-0.2, 0) is 13.6 Å². The highest BCUT2D eigenvalue weighted by molar-refractivity contribution is 7.47. The third-order valence-corrected chi connectivity index (χ3v) is 8.52. The third-order valence-electron chi connectivity index (χ3n) is 7.38. The van der Waals surface area contributed by atoms with E-state index in [1.54, 1.807) is 0 Å². The molecule has 2 fully saturated rings. The van der Waals surface area contributed by atoms with E-state index in [0.717, 1.165) is 38.6 Å². The lowest BCUT2D eigenvalue weighted by Crippen LogP contribution is -2.62. The maximum Gasteiger partial charge on any atom is 0.477 e. The van der Waals surface area contributed by atoms with Gasteiger partial charge in [0.25, 0.3) is 0 Å². The lowest BCUT2D eigenvalue weighted by atomic mass is 9.95. The van der Waals surface area contributed by atoms with Crippen LogP contribution in [0.2, 0.25) is 0 Å². The largest absolute Gasteiger partial charge is 0.477 e. The molecule has 2 saturated heterocycles. The second-order valence-corrected chi connectivity index (χ2v) is 11.7. The normalized spacial score (nSPS) is 30.9. The monoisotopic (exact) mass is 446 g/mol. The number of nitrogens with zero attached hydrogens (tertiary/aromatic N) is 1. The van der Waals surface area contributed by atoms with Crippen molar-refractivity contribution in [2.24, 2.45) is 0 Å². The molecule has 0 spiro atoms. The van der Waals surface area contributed by atoms with Crippen molar-refractivity contribution >= 4 is 7.82 Å². The molecular weight excluding hydrogens is 397 g/mol. The van der Waals surface area contributed by atoms with Crippen LogP contribution in [0.3, 0.4) is 0 Å². The minimum absolute atomic E-state index is 0.138. The Morgan fingerprint density at radius 3 is 1.93 bits per heavy atom. The molecule has 30 heavy (non-hydrogen) atoms. The van der Waals surface area contributed by atoms with E-state index < -0.39 is 13.5 Å². The van der Waals surface area contributed by atoms with Crippen LogP contribution in [0.1, 0.15) is 122 Å². The van der Waals surface area contributed by atoms with Gasteiger partial charge in [-0.1, -0.05) is 90.4 Å². The molecule has 3 atom stereocenters. The summed E-state index contributed by atoms with van der Waals surface area (Å²) in [5.41, 5.74) is -0.569. The number of hydrogen-bond donors (Lipinski definition) is 1. The number of phosphoric ester groups is 1. The predicted molar refractivity (Wildman–Crippen MR) is 124 cm³/mol. The minimum Gasteiger partial charge on any atom is -0.302 e. The fourth-order valence-electron chi connectivity index (χ4n) is 5.33. The average molecular weight is 447 g/mol. The van der Waals surface area contributed by atoms with Gasteiger partial charge in [-0.05, 0) is 19.3 Å². The van der Waals surface area contributed by atoms with E-state index in [1.165, 1.54) is 83.5 Å². The first-order valence-electron chi connectivity index (χ1n) is 12.9. The number of unbranched alkanes of at least 4 members (excludes halogenated alkanes) is 13. The summed E-state index contributed by atoms with van der Waals surface area (Å²) in [6.07, 6.45) is 22.1. The van der Waals surface area contributed by atoms with Gasteiger partial charge in [0.2, 0.25) is 5.72 Å². The van der Waals surface area contributed by atoms with Gasteiger partial charge in [0.15, 0.2) is 0 Å². The summed E-state index contributed by atoms with van der Waals surface area (Å²) in [5.74, 6) is 0. The van der Waals surface area contributed by atoms with Crippen LogP contribution < -0.4 is 0 Å². The van der Waals surface area contributed by atoms with E-state index in [4.69, 9.17) is 9.05 Å². The van der Waals surface area contributed by atoms with Crippen LogP contribution in [0, 0.1) is 0 Å². The summed E-state index contributed by atoms with van der Waals surface area (Å²) < 4.78 is 24.2. The van der Waals surface area contributed by atoms with Crippen molar-refractivity contribution in [3.05, 3.63) is 0 Å². The first-order valence-corrected chi connectivity index (χ1v) is 14.3. The van der Waals surface area contributed by atoms with Gasteiger partial charge in [-0.25, -0.2) is 9.09 Å². The highest BCUT2D eigenvalue weighted by atomic mass is 31.2. The fourth-order valence-corrected chi connectivity index (χ4v) is 6.75. The van der Waals surface area contributed by atoms with Crippen molar-refractivity contribution < 1.29 is 23.0 Å². The Hall–Kier alpha value is 0.0700.